The van der Waals surface area contributed by atoms with Crippen LogP contribution in [0.15, 0.2) is 36.7 Å². The van der Waals surface area contributed by atoms with Crippen molar-refractivity contribution in [1.82, 2.24) is 19.9 Å². The molecule has 0 unspecified atom stereocenters. The summed E-state index contributed by atoms with van der Waals surface area (Å²) in [5.41, 5.74) is 0.615. The number of hydrogen-bond donors (Lipinski definition) is 1. The first-order chi connectivity index (χ1) is 12.8. The van der Waals surface area contributed by atoms with Crippen LogP contribution in [0.1, 0.15) is 18.5 Å². The van der Waals surface area contributed by atoms with Crippen molar-refractivity contribution in [1.29, 1.82) is 0 Å². The molecule has 5 nitrogen and oxygen atoms in total. The van der Waals surface area contributed by atoms with Gasteiger partial charge in [0.2, 0.25) is 5.91 Å². The minimum atomic E-state index is -4.53. The van der Waals surface area contributed by atoms with Crippen molar-refractivity contribution < 1.29 is 18.0 Å². The molecule has 9 heteroatoms. The molecule has 0 aliphatic heterocycles. The van der Waals surface area contributed by atoms with E-state index in [-0.39, 0.29) is 24.2 Å². The first-order valence-electron chi connectivity index (χ1n) is 8.29. The van der Waals surface area contributed by atoms with Crippen LogP contribution in [0, 0.1) is 0 Å². The van der Waals surface area contributed by atoms with E-state index in [0.29, 0.717) is 21.6 Å². The first-order valence-corrected chi connectivity index (χ1v) is 8.67. The van der Waals surface area contributed by atoms with Crippen LogP contribution >= 0.6 is 11.6 Å². The molecule has 1 N–H and O–H groups in total. The van der Waals surface area contributed by atoms with E-state index in [0.717, 1.165) is 18.9 Å². The molecular formula is C18H14ClF3N4O. The normalized spacial score (nSPS) is 14.5. The molecule has 0 atom stereocenters. The summed E-state index contributed by atoms with van der Waals surface area (Å²) in [6, 6.07) is 5.56. The number of hydrogen-bond acceptors (Lipinski definition) is 3. The molecule has 3 aromatic rings. The Morgan fingerprint density at radius 2 is 2.11 bits per heavy atom. The molecule has 27 heavy (non-hydrogen) atoms. The van der Waals surface area contributed by atoms with Gasteiger partial charge in [-0.3, -0.25) is 9.78 Å². The number of alkyl halides is 3. The Balaban J connectivity index is 1.71. The zero-order valence-corrected chi connectivity index (χ0v) is 14.7. The number of halogens is 4. The van der Waals surface area contributed by atoms with Gasteiger partial charge in [-0.05, 0) is 31.0 Å². The van der Waals surface area contributed by atoms with Gasteiger partial charge in [-0.2, -0.15) is 13.2 Å². The molecule has 3 aromatic heterocycles. The molecule has 0 spiro atoms. The molecule has 1 fully saturated rings. The molecule has 1 aliphatic carbocycles. The summed E-state index contributed by atoms with van der Waals surface area (Å²) in [5, 5.41) is 3.25. The number of amides is 1. The number of carbonyl (C=O) groups excluding carboxylic acids is 1. The molecule has 140 valence electrons. The van der Waals surface area contributed by atoms with E-state index in [1.807, 2.05) is 0 Å². The van der Waals surface area contributed by atoms with Crippen LogP contribution < -0.4 is 5.32 Å². The molecule has 4 rings (SSSR count). The minimum absolute atomic E-state index is 0.0564. The molecule has 1 aliphatic rings. The average Bonchev–Trinajstić information content (AvgIpc) is 3.38. The third-order valence-electron chi connectivity index (χ3n) is 4.26. The van der Waals surface area contributed by atoms with Gasteiger partial charge >= 0.3 is 6.18 Å². The summed E-state index contributed by atoms with van der Waals surface area (Å²) in [6.45, 7) is 0.0564. The van der Waals surface area contributed by atoms with Crippen molar-refractivity contribution in [2.24, 2.45) is 0 Å². The fourth-order valence-corrected chi connectivity index (χ4v) is 3.07. The second-order valence-electron chi connectivity index (χ2n) is 6.44. The Morgan fingerprint density at radius 3 is 2.81 bits per heavy atom. The standard InChI is InChI=1S/C18H14ClF3N4O/c19-12-8-26(9-16(27)24-11-4-5-11)14-6-10(7-23-17(12)14)13-2-1-3-15(25-13)18(20,21)22/h1-3,6-8,11H,4-5,9H2,(H,24,27). The predicted octanol–water partition coefficient (Wildman–Crippen LogP) is 4.05. The van der Waals surface area contributed by atoms with Gasteiger partial charge in [-0.1, -0.05) is 17.7 Å². The predicted molar refractivity (Wildman–Crippen MR) is 94.1 cm³/mol. The molecule has 0 aromatic carbocycles. The molecule has 3 heterocycles. The van der Waals surface area contributed by atoms with Gasteiger partial charge in [-0.25, -0.2) is 4.98 Å². The van der Waals surface area contributed by atoms with Crippen LogP contribution in [0.2, 0.25) is 5.02 Å². The van der Waals surface area contributed by atoms with Gasteiger partial charge in [0.1, 0.15) is 17.8 Å². The quantitative estimate of drug-likeness (QED) is 0.726. The summed E-state index contributed by atoms with van der Waals surface area (Å²) < 4.78 is 40.4. The van der Waals surface area contributed by atoms with Crippen LogP contribution in [0.25, 0.3) is 22.3 Å². The van der Waals surface area contributed by atoms with E-state index in [1.54, 1.807) is 16.8 Å². The Bertz CT molecular complexity index is 1030. The van der Waals surface area contributed by atoms with Crippen molar-refractivity contribution in [3.8, 4) is 11.3 Å². The highest BCUT2D eigenvalue weighted by molar-refractivity contribution is 6.35. The van der Waals surface area contributed by atoms with Crippen LogP contribution in [0.4, 0.5) is 13.2 Å². The second-order valence-corrected chi connectivity index (χ2v) is 6.85. The number of rotatable bonds is 4. The fraction of sp³-hybridized carbons (Fsp3) is 0.278. The summed E-state index contributed by atoms with van der Waals surface area (Å²) in [5.74, 6) is -0.145. The number of nitrogens with zero attached hydrogens (tertiary/aromatic N) is 3. The van der Waals surface area contributed by atoms with E-state index < -0.39 is 11.9 Å². The lowest BCUT2D eigenvalue weighted by Crippen LogP contribution is -2.29. The third kappa shape index (κ3) is 3.75. The Labute approximate surface area is 157 Å². The lowest BCUT2D eigenvalue weighted by Gasteiger charge is -2.09. The molecule has 1 amide bonds. The number of pyridine rings is 2. The number of fused-ring (bicyclic) bond motifs is 1. The number of carbonyl (C=O) groups is 1. The van der Waals surface area contributed by atoms with Crippen molar-refractivity contribution in [2.75, 3.05) is 0 Å². The first kappa shape index (κ1) is 17.8. The second kappa shape index (κ2) is 6.53. The van der Waals surface area contributed by atoms with Crippen molar-refractivity contribution in [3.63, 3.8) is 0 Å². The maximum absolute atomic E-state index is 12.9. The van der Waals surface area contributed by atoms with E-state index in [2.05, 4.69) is 15.3 Å². The van der Waals surface area contributed by atoms with Crippen LogP contribution in [-0.2, 0) is 17.5 Å². The Morgan fingerprint density at radius 1 is 1.33 bits per heavy atom. The fourth-order valence-electron chi connectivity index (χ4n) is 2.80. The minimum Gasteiger partial charge on any atom is -0.352 e. The highest BCUT2D eigenvalue weighted by atomic mass is 35.5. The molecule has 0 radical (unpaired) electrons. The SMILES string of the molecule is O=C(Cn1cc(Cl)c2ncc(-c3cccc(C(F)(F)F)n3)cc21)NC1CC1. The molecule has 1 saturated carbocycles. The van der Waals surface area contributed by atoms with Gasteiger partial charge in [-0.15, -0.1) is 0 Å². The maximum atomic E-state index is 12.9. The van der Waals surface area contributed by atoms with Gasteiger partial charge in [0, 0.05) is 24.0 Å². The zero-order chi connectivity index (χ0) is 19.2. The highest BCUT2D eigenvalue weighted by Crippen LogP contribution is 2.31. The van der Waals surface area contributed by atoms with Gasteiger partial charge in [0.15, 0.2) is 0 Å². The monoisotopic (exact) mass is 394 g/mol. The smallest absolute Gasteiger partial charge is 0.352 e. The van der Waals surface area contributed by atoms with Crippen LogP contribution in [0.3, 0.4) is 0 Å². The Hall–Kier alpha value is -2.61. The highest BCUT2D eigenvalue weighted by Gasteiger charge is 2.32. The van der Waals surface area contributed by atoms with E-state index >= 15 is 0 Å². The van der Waals surface area contributed by atoms with E-state index in [9.17, 15) is 18.0 Å². The van der Waals surface area contributed by atoms with Gasteiger partial charge in [0.05, 0.1) is 16.2 Å². The summed E-state index contributed by atoms with van der Waals surface area (Å²) in [6.07, 6.45) is 0.440. The average molecular weight is 395 g/mol. The Kier molecular flexibility index (Phi) is 4.30. The van der Waals surface area contributed by atoms with Crippen LogP contribution in [-0.4, -0.2) is 26.5 Å². The zero-order valence-electron chi connectivity index (χ0n) is 13.9. The molecule has 0 saturated heterocycles. The van der Waals surface area contributed by atoms with Gasteiger partial charge in [0.25, 0.3) is 0 Å². The summed E-state index contributed by atoms with van der Waals surface area (Å²) in [4.78, 5) is 20.0. The number of nitrogens with one attached hydrogen (secondary N) is 1. The van der Waals surface area contributed by atoms with E-state index in [1.165, 1.54) is 18.3 Å². The lowest BCUT2D eigenvalue weighted by atomic mass is 10.1. The molecule has 0 bridgehead atoms. The van der Waals surface area contributed by atoms with Crippen molar-refractivity contribution >= 4 is 28.5 Å². The maximum Gasteiger partial charge on any atom is 0.433 e. The largest absolute Gasteiger partial charge is 0.433 e. The topological polar surface area (TPSA) is 59.8 Å². The summed E-state index contributed by atoms with van der Waals surface area (Å²) in [7, 11) is 0. The van der Waals surface area contributed by atoms with Crippen molar-refractivity contribution in [3.05, 3.63) is 47.4 Å². The van der Waals surface area contributed by atoms with Crippen molar-refractivity contribution in [2.45, 2.75) is 31.6 Å². The van der Waals surface area contributed by atoms with E-state index in [4.69, 9.17) is 11.6 Å². The summed E-state index contributed by atoms with van der Waals surface area (Å²) >= 11 is 6.18. The van der Waals surface area contributed by atoms with Crippen LogP contribution in [0.5, 0.6) is 0 Å². The number of aromatic nitrogens is 3. The lowest BCUT2D eigenvalue weighted by molar-refractivity contribution is -0.141. The van der Waals surface area contributed by atoms with Gasteiger partial charge < -0.3 is 9.88 Å². The third-order valence-corrected chi connectivity index (χ3v) is 4.54. The molecular weight excluding hydrogens is 381 g/mol.